The zero-order chi connectivity index (χ0) is 18.3. The van der Waals surface area contributed by atoms with Gasteiger partial charge in [-0.2, -0.15) is 0 Å². The Hall–Kier alpha value is -1.52. The van der Waals surface area contributed by atoms with Crippen molar-refractivity contribution >= 4 is 0 Å². The van der Waals surface area contributed by atoms with Crippen LogP contribution in [0.25, 0.3) is 0 Å². The Kier molecular flexibility index (Phi) is 4.74. The van der Waals surface area contributed by atoms with Crippen LogP contribution in [0.3, 0.4) is 0 Å². The predicted molar refractivity (Wildman–Crippen MR) is 103 cm³/mol. The third kappa shape index (κ3) is 2.74. The Balaban J connectivity index is 1.85. The van der Waals surface area contributed by atoms with E-state index in [0.29, 0.717) is 6.42 Å². The third-order valence-corrected chi connectivity index (χ3v) is 6.37. The van der Waals surface area contributed by atoms with E-state index in [1.807, 2.05) is 6.08 Å². The smallest absolute Gasteiger partial charge is 0.166 e. The monoisotopic (exact) mass is 357 g/mol. The number of aliphatic hydroxyl groups is 1. The van der Waals surface area contributed by atoms with Gasteiger partial charge in [0.25, 0.3) is 0 Å². The van der Waals surface area contributed by atoms with Crippen LogP contribution < -0.4 is 9.47 Å². The molecule has 0 saturated heterocycles. The molecule has 4 nitrogen and oxygen atoms in total. The molecular weight excluding hydrogens is 326 g/mol. The molecular formula is C22H31NO3. The van der Waals surface area contributed by atoms with Gasteiger partial charge in [0.15, 0.2) is 11.5 Å². The van der Waals surface area contributed by atoms with Gasteiger partial charge in [-0.15, -0.1) is 0 Å². The molecule has 4 rings (SSSR count). The Bertz CT molecular complexity index is 714. The van der Waals surface area contributed by atoms with Crippen LogP contribution in [0.1, 0.15) is 55.7 Å². The predicted octanol–water partition coefficient (Wildman–Crippen LogP) is 3.58. The second-order valence-electron chi connectivity index (χ2n) is 8.19. The van der Waals surface area contributed by atoms with Crippen molar-refractivity contribution in [3.05, 3.63) is 34.9 Å². The van der Waals surface area contributed by atoms with Crippen LogP contribution in [0.15, 0.2) is 18.2 Å². The van der Waals surface area contributed by atoms with Gasteiger partial charge in [-0.3, -0.25) is 0 Å². The maximum absolute atomic E-state index is 10.2. The van der Waals surface area contributed by atoms with Gasteiger partial charge in [-0.1, -0.05) is 38.0 Å². The lowest BCUT2D eigenvalue weighted by molar-refractivity contribution is 0.0821. The van der Waals surface area contributed by atoms with Crippen molar-refractivity contribution in [1.29, 1.82) is 0 Å². The van der Waals surface area contributed by atoms with Crippen LogP contribution in [-0.4, -0.2) is 42.9 Å². The number of aryl methyl sites for hydroxylation is 1. The van der Waals surface area contributed by atoms with Gasteiger partial charge in [-0.25, -0.2) is 0 Å². The Labute approximate surface area is 156 Å². The summed E-state index contributed by atoms with van der Waals surface area (Å²) in [6.07, 6.45) is 10.1. The number of hydrogen-bond acceptors (Lipinski definition) is 4. The van der Waals surface area contributed by atoms with E-state index in [-0.39, 0.29) is 11.5 Å². The van der Waals surface area contributed by atoms with E-state index >= 15 is 0 Å². The summed E-state index contributed by atoms with van der Waals surface area (Å²) >= 11 is 0. The van der Waals surface area contributed by atoms with Gasteiger partial charge in [0.2, 0.25) is 0 Å². The van der Waals surface area contributed by atoms with Crippen LogP contribution in [0.4, 0.5) is 0 Å². The molecule has 0 fully saturated rings. The summed E-state index contributed by atoms with van der Waals surface area (Å²) in [6.45, 7) is 4.21. The van der Waals surface area contributed by atoms with Gasteiger partial charge in [0, 0.05) is 18.5 Å². The third-order valence-electron chi connectivity index (χ3n) is 6.37. The molecule has 0 radical (unpaired) electrons. The average molecular weight is 357 g/mol. The van der Waals surface area contributed by atoms with Crippen LogP contribution in [0, 0.1) is 0 Å². The van der Waals surface area contributed by atoms with Gasteiger partial charge in [-0.05, 0) is 44.0 Å². The molecule has 0 aromatic heterocycles. The van der Waals surface area contributed by atoms with Crippen molar-refractivity contribution in [2.45, 2.75) is 69.6 Å². The van der Waals surface area contributed by atoms with E-state index in [9.17, 15) is 5.11 Å². The van der Waals surface area contributed by atoms with E-state index in [0.717, 1.165) is 37.4 Å². The second kappa shape index (κ2) is 6.90. The molecule has 1 aliphatic carbocycles. The summed E-state index contributed by atoms with van der Waals surface area (Å²) < 4.78 is 12.4. The molecule has 1 aromatic rings. The summed E-state index contributed by atoms with van der Waals surface area (Å²) in [5, 5.41) is 10.2. The summed E-state index contributed by atoms with van der Waals surface area (Å²) in [4.78, 5) is 2.40. The van der Waals surface area contributed by atoms with E-state index in [1.54, 1.807) is 7.11 Å². The van der Waals surface area contributed by atoms with Crippen LogP contribution in [0.2, 0.25) is 0 Å². The van der Waals surface area contributed by atoms with E-state index in [2.05, 4.69) is 31.0 Å². The molecule has 0 bridgehead atoms. The Morgan fingerprint density at radius 3 is 3.00 bits per heavy atom. The van der Waals surface area contributed by atoms with Crippen LogP contribution >= 0.6 is 0 Å². The first-order valence-electron chi connectivity index (χ1n) is 10.0. The quantitative estimate of drug-likeness (QED) is 0.646. The molecule has 4 heteroatoms. The first-order valence-corrected chi connectivity index (χ1v) is 10.0. The molecule has 2 aliphatic heterocycles. The maximum Gasteiger partial charge on any atom is 0.166 e. The fourth-order valence-electron chi connectivity index (χ4n) is 5.03. The summed E-state index contributed by atoms with van der Waals surface area (Å²) in [5.41, 5.74) is 3.83. The number of benzene rings is 1. The highest BCUT2D eigenvalue weighted by atomic mass is 16.5. The fraction of sp³-hybridized carbons (Fsp3) is 0.636. The van der Waals surface area contributed by atoms with Crippen molar-refractivity contribution < 1.29 is 14.6 Å². The molecule has 3 aliphatic rings. The van der Waals surface area contributed by atoms with Gasteiger partial charge in [0.05, 0.1) is 18.6 Å². The highest BCUT2D eigenvalue weighted by molar-refractivity contribution is 5.64. The minimum Gasteiger partial charge on any atom is -0.493 e. The first-order chi connectivity index (χ1) is 12.6. The van der Waals surface area contributed by atoms with Gasteiger partial charge in [0.1, 0.15) is 6.10 Å². The van der Waals surface area contributed by atoms with Crippen molar-refractivity contribution in [2.75, 3.05) is 20.7 Å². The minimum absolute atomic E-state index is 0.00235. The normalized spacial score (nSPS) is 29.7. The molecule has 3 atom stereocenters. The largest absolute Gasteiger partial charge is 0.493 e. The number of methoxy groups -OCH3 is 1. The zero-order valence-corrected chi connectivity index (χ0v) is 16.3. The van der Waals surface area contributed by atoms with Gasteiger partial charge < -0.3 is 19.5 Å². The second-order valence-corrected chi connectivity index (χ2v) is 8.19. The molecule has 1 aromatic carbocycles. The first kappa shape index (κ1) is 17.9. The standard InChI is InChI=1S/C22H31NO3/c1-4-5-6-7-15-12-16-14-23(2)11-10-22-9-8-17(24)13-18(22)26-21(19(16)22)20(15)25-3/h8-9,12,17-18,24H,4-7,10-11,13-14H2,1-3H3/t17-,18-,22-/m0/s1. The number of rotatable bonds is 5. The number of nitrogens with zero attached hydrogens (tertiary/aromatic N) is 1. The fourth-order valence-corrected chi connectivity index (χ4v) is 5.03. The van der Waals surface area contributed by atoms with Crippen molar-refractivity contribution in [1.82, 2.24) is 4.90 Å². The van der Waals surface area contributed by atoms with Crippen molar-refractivity contribution in [2.24, 2.45) is 0 Å². The Morgan fingerprint density at radius 2 is 2.23 bits per heavy atom. The summed E-state index contributed by atoms with van der Waals surface area (Å²) in [7, 11) is 3.95. The number of hydrogen-bond donors (Lipinski definition) is 1. The molecule has 1 N–H and O–H groups in total. The lowest BCUT2D eigenvalue weighted by Crippen LogP contribution is -2.42. The molecule has 142 valence electrons. The number of aliphatic hydroxyl groups excluding tert-OH is 1. The highest BCUT2D eigenvalue weighted by Crippen LogP contribution is 2.56. The van der Waals surface area contributed by atoms with E-state index in [4.69, 9.17) is 9.47 Å². The zero-order valence-electron chi connectivity index (χ0n) is 16.3. The summed E-state index contributed by atoms with van der Waals surface area (Å²) in [5.74, 6) is 1.86. The molecule has 1 spiro atoms. The van der Waals surface area contributed by atoms with Crippen LogP contribution in [0.5, 0.6) is 11.5 Å². The van der Waals surface area contributed by atoms with Gasteiger partial charge >= 0.3 is 0 Å². The maximum atomic E-state index is 10.2. The summed E-state index contributed by atoms with van der Waals surface area (Å²) in [6, 6.07) is 2.36. The van der Waals surface area contributed by atoms with E-state index < -0.39 is 6.10 Å². The van der Waals surface area contributed by atoms with E-state index in [1.165, 1.54) is 36.0 Å². The Morgan fingerprint density at radius 1 is 1.38 bits per heavy atom. The molecule has 2 heterocycles. The lowest BCUT2D eigenvalue weighted by atomic mass is 9.69. The van der Waals surface area contributed by atoms with Crippen molar-refractivity contribution in [3.63, 3.8) is 0 Å². The van der Waals surface area contributed by atoms with Crippen LogP contribution in [-0.2, 0) is 18.4 Å². The minimum atomic E-state index is -0.417. The topological polar surface area (TPSA) is 41.9 Å². The lowest BCUT2D eigenvalue weighted by Gasteiger charge is -2.35. The molecule has 0 saturated carbocycles. The molecule has 0 amide bonds. The molecule has 26 heavy (non-hydrogen) atoms. The number of ether oxygens (including phenoxy) is 2. The molecule has 0 unspecified atom stereocenters. The SMILES string of the molecule is CCCCCc1cc2c3c(c1OC)O[C@H]1C[C@@H](O)C=C[C@@]31CCN(C)C2. The highest BCUT2D eigenvalue weighted by Gasteiger charge is 2.52. The number of unbranched alkanes of at least 4 members (excludes halogenated alkanes) is 2. The van der Waals surface area contributed by atoms with Crippen molar-refractivity contribution in [3.8, 4) is 11.5 Å². The average Bonchev–Trinajstić information content (AvgIpc) is 2.87.